The van der Waals surface area contributed by atoms with Crippen LogP contribution in [0.3, 0.4) is 0 Å². The quantitative estimate of drug-likeness (QED) is 0.0485. The standard InChI is InChI=1S/C51H99O4P/c1-9-11-13-15-17-19-21-23-25-27-29-31-33-35-37-39-41-45-47(50(6,7)8)48(52)46(49(3,4)5)43-51(45,44-55-56(53)54)42-40-38-36-34-32-30-28-26-24-22-20-18-16-14-12-10-2/h43,45,52,56H,9-42,44H2,1-8H3,(H,53,54). The van der Waals surface area contributed by atoms with Crippen molar-refractivity contribution in [3.05, 3.63) is 23.0 Å². The molecule has 332 valence electrons. The summed E-state index contributed by atoms with van der Waals surface area (Å²) in [5.74, 6) is 0.559. The van der Waals surface area contributed by atoms with Crippen molar-refractivity contribution >= 4 is 8.25 Å². The fourth-order valence-electron chi connectivity index (χ4n) is 9.49. The first-order valence-electron chi connectivity index (χ1n) is 24.8. The van der Waals surface area contributed by atoms with Gasteiger partial charge in [-0.2, -0.15) is 0 Å². The maximum atomic E-state index is 12.1. The topological polar surface area (TPSA) is 66.8 Å². The Kier molecular flexibility index (Phi) is 30.8. The predicted molar refractivity (Wildman–Crippen MR) is 248 cm³/mol. The van der Waals surface area contributed by atoms with Crippen LogP contribution < -0.4 is 0 Å². The zero-order valence-corrected chi connectivity index (χ0v) is 40.1. The van der Waals surface area contributed by atoms with Crippen molar-refractivity contribution in [3.8, 4) is 0 Å². The molecule has 0 fully saturated rings. The lowest BCUT2D eigenvalue weighted by Crippen LogP contribution is -2.42. The molecular weight excluding hydrogens is 708 g/mol. The molecule has 3 unspecified atom stereocenters. The van der Waals surface area contributed by atoms with Crippen molar-refractivity contribution in [1.29, 1.82) is 0 Å². The summed E-state index contributed by atoms with van der Waals surface area (Å²) in [6, 6.07) is 0. The first-order chi connectivity index (χ1) is 26.8. The van der Waals surface area contributed by atoms with Crippen molar-refractivity contribution < 1.29 is 19.1 Å². The predicted octanol–water partition coefficient (Wildman–Crippen LogP) is 18.1. The van der Waals surface area contributed by atoms with Crippen molar-refractivity contribution in [1.82, 2.24) is 0 Å². The molecule has 0 saturated heterocycles. The van der Waals surface area contributed by atoms with E-state index in [0.29, 0.717) is 5.76 Å². The molecule has 2 N–H and O–H groups in total. The van der Waals surface area contributed by atoms with Crippen LogP contribution in [-0.4, -0.2) is 16.6 Å². The highest BCUT2D eigenvalue weighted by Crippen LogP contribution is 2.56. The molecule has 0 aromatic carbocycles. The first-order valence-corrected chi connectivity index (χ1v) is 26.1. The molecule has 5 heteroatoms. The van der Waals surface area contributed by atoms with Crippen LogP contribution in [0.5, 0.6) is 0 Å². The average molecular weight is 807 g/mol. The molecule has 56 heavy (non-hydrogen) atoms. The summed E-state index contributed by atoms with van der Waals surface area (Å²) in [4.78, 5) is 9.97. The maximum Gasteiger partial charge on any atom is 0.316 e. The van der Waals surface area contributed by atoms with E-state index in [2.05, 4.69) is 61.5 Å². The average Bonchev–Trinajstić information content (AvgIpc) is 3.13. The second-order valence-corrected chi connectivity index (χ2v) is 21.1. The van der Waals surface area contributed by atoms with Gasteiger partial charge in [-0.25, -0.2) is 0 Å². The number of rotatable bonds is 37. The number of hydrogen-bond donors (Lipinski definition) is 2. The van der Waals surface area contributed by atoms with Crippen LogP contribution in [0.25, 0.3) is 0 Å². The second-order valence-electron chi connectivity index (χ2n) is 20.3. The highest BCUT2D eigenvalue weighted by Gasteiger charge is 2.48. The number of hydrogen-bond acceptors (Lipinski definition) is 3. The Hall–Kier alpha value is -0.570. The SMILES string of the molecule is CCCCCCCCCCCCCCCCCCC1C(C(C)(C)C)=C(O)C(C(C)(C)C)=CC1(CCCCCCCCCCCCCCCCCC)CO[PH](=O)O. The largest absolute Gasteiger partial charge is 0.508 e. The highest BCUT2D eigenvalue weighted by atomic mass is 31.1. The lowest BCUT2D eigenvalue weighted by atomic mass is 9.57. The van der Waals surface area contributed by atoms with Gasteiger partial charge in [0.25, 0.3) is 0 Å². The minimum atomic E-state index is -3.08. The van der Waals surface area contributed by atoms with Crippen LogP contribution in [0.15, 0.2) is 23.0 Å². The molecule has 0 aromatic rings. The van der Waals surface area contributed by atoms with Gasteiger partial charge in [-0.15, -0.1) is 0 Å². The van der Waals surface area contributed by atoms with Gasteiger partial charge in [0.1, 0.15) is 5.76 Å². The van der Waals surface area contributed by atoms with Crippen LogP contribution in [0.1, 0.15) is 274 Å². The number of allylic oxidation sites excluding steroid dienone is 2. The molecule has 0 aromatic heterocycles. The van der Waals surface area contributed by atoms with Gasteiger partial charge < -0.3 is 14.5 Å². The molecule has 0 heterocycles. The zero-order chi connectivity index (χ0) is 41.5. The normalized spacial score (nSPS) is 18.5. The van der Waals surface area contributed by atoms with Crippen molar-refractivity contribution in [2.75, 3.05) is 6.61 Å². The van der Waals surface area contributed by atoms with Crippen molar-refractivity contribution in [2.24, 2.45) is 22.2 Å². The van der Waals surface area contributed by atoms with Crippen LogP contribution in [-0.2, 0) is 9.09 Å². The third-order valence-corrected chi connectivity index (χ3v) is 13.3. The van der Waals surface area contributed by atoms with Gasteiger partial charge >= 0.3 is 8.25 Å². The van der Waals surface area contributed by atoms with Crippen LogP contribution in [0.4, 0.5) is 0 Å². The molecule has 0 amide bonds. The number of aliphatic hydroxyl groups excluding tert-OH is 1. The Balaban J connectivity index is 2.71. The Bertz CT molecular complexity index is 1030. The number of unbranched alkanes of at least 4 members (excludes halogenated alkanes) is 30. The van der Waals surface area contributed by atoms with Crippen molar-refractivity contribution in [2.45, 2.75) is 274 Å². The molecule has 1 aliphatic rings. The lowest BCUT2D eigenvalue weighted by molar-refractivity contribution is 0.0937. The van der Waals surface area contributed by atoms with Gasteiger partial charge in [0.15, 0.2) is 0 Å². The van der Waals surface area contributed by atoms with Gasteiger partial charge in [-0.1, -0.05) is 267 Å². The fourth-order valence-corrected chi connectivity index (χ4v) is 9.88. The first kappa shape index (κ1) is 53.4. The van der Waals surface area contributed by atoms with Crippen LogP contribution >= 0.6 is 8.25 Å². The Morgan fingerprint density at radius 2 is 0.857 bits per heavy atom. The molecule has 1 aliphatic carbocycles. The van der Waals surface area contributed by atoms with E-state index in [4.69, 9.17) is 4.52 Å². The molecule has 0 radical (unpaired) electrons. The van der Waals surface area contributed by atoms with E-state index in [1.807, 2.05) is 0 Å². The molecule has 0 saturated carbocycles. The number of aliphatic hydroxyl groups is 1. The summed E-state index contributed by atoms with van der Waals surface area (Å²) in [6.45, 7) is 18.1. The zero-order valence-electron chi connectivity index (χ0n) is 39.1. The minimum Gasteiger partial charge on any atom is -0.508 e. The minimum absolute atomic E-state index is 0.0953. The summed E-state index contributed by atoms with van der Waals surface area (Å²) in [7, 11) is -3.08. The van der Waals surface area contributed by atoms with Crippen LogP contribution in [0.2, 0.25) is 0 Å². The Morgan fingerprint density at radius 3 is 1.16 bits per heavy atom. The fraction of sp³-hybridized carbons (Fsp3) is 0.922. The van der Waals surface area contributed by atoms with Crippen LogP contribution in [0, 0.1) is 22.2 Å². The molecule has 1 rings (SSSR count). The van der Waals surface area contributed by atoms with Gasteiger partial charge in [0, 0.05) is 5.41 Å². The summed E-state index contributed by atoms with van der Waals surface area (Å²) < 4.78 is 17.9. The maximum absolute atomic E-state index is 12.1. The van der Waals surface area contributed by atoms with E-state index in [-0.39, 0.29) is 23.4 Å². The molecule has 4 nitrogen and oxygen atoms in total. The smallest absolute Gasteiger partial charge is 0.316 e. The Labute approximate surface area is 351 Å². The van der Waals surface area contributed by atoms with E-state index in [1.54, 1.807) is 0 Å². The van der Waals surface area contributed by atoms with E-state index in [0.717, 1.165) is 36.8 Å². The van der Waals surface area contributed by atoms with Gasteiger partial charge in [-0.3, -0.25) is 4.57 Å². The molecule has 0 spiro atoms. The van der Waals surface area contributed by atoms with E-state index in [9.17, 15) is 14.6 Å². The highest BCUT2D eigenvalue weighted by molar-refractivity contribution is 7.32. The summed E-state index contributed by atoms with van der Waals surface area (Å²) in [5.41, 5.74) is 1.24. The monoisotopic (exact) mass is 807 g/mol. The molecule has 0 aliphatic heterocycles. The van der Waals surface area contributed by atoms with E-state index in [1.165, 1.54) is 193 Å². The second kappa shape index (κ2) is 32.2. The lowest BCUT2D eigenvalue weighted by Gasteiger charge is -2.48. The molecular formula is C51H99O4P. The third-order valence-electron chi connectivity index (χ3n) is 12.9. The summed E-state index contributed by atoms with van der Waals surface area (Å²) >= 11 is 0. The van der Waals surface area contributed by atoms with E-state index >= 15 is 0 Å². The summed E-state index contributed by atoms with van der Waals surface area (Å²) in [5, 5.41) is 12.0. The molecule has 0 bridgehead atoms. The van der Waals surface area contributed by atoms with Gasteiger partial charge in [0.2, 0.25) is 0 Å². The van der Waals surface area contributed by atoms with Gasteiger partial charge in [-0.05, 0) is 40.7 Å². The van der Waals surface area contributed by atoms with Crippen molar-refractivity contribution in [3.63, 3.8) is 0 Å². The van der Waals surface area contributed by atoms with Gasteiger partial charge in [0.05, 0.1) is 6.61 Å². The van der Waals surface area contributed by atoms with E-state index < -0.39 is 13.7 Å². The third kappa shape index (κ3) is 24.5. The molecule has 3 atom stereocenters. The Morgan fingerprint density at radius 1 is 0.536 bits per heavy atom. The summed E-state index contributed by atoms with van der Waals surface area (Å²) in [6.07, 6.45) is 47.4.